The van der Waals surface area contributed by atoms with Gasteiger partial charge in [-0.05, 0) is 55.2 Å². The van der Waals surface area contributed by atoms with E-state index in [-0.39, 0.29) is 10.8 Å². The predicted octanol–water partition coefficient (Wildman–Crippen LogP) is 8.05. The maximum Gasteiger partial charge on any atom is 0.0547 e. The Bertz CT molecular complexity index is 883. The van der Waals surface area contributed by atoms with E-state index in [1.54, 1.807) is 0 Å². The van der Waals surface area contributed by atoms with Crippen LogP contribution in [0.2, 0.25) is 0 Å². The van der Waals surface area contributed by atoms with E-state index in [2.05, 4.69) is 97.9 Å². The zero-order valence-corrected chi connectivity index (χ0v) is 21.6. The molecule has 1 atom stereocenters. The van der Waals surface area contributed by atoms with Crippen LogP contribution in [0.25, 0.3) is 0 Å². The molecule has 0 radical (unpaired) electrons. The van der Waals surface area contributed by atoms with E-state index in [1.807, 2.05) is 7.11 Å². The summed E-state index contributed by atoms with van der Waals surface area (Å²) in [4.78, 5) is 0. The molecule has 3 aromatic rings. The highest BCUT2D eigenvalue weighted by Crippen LogP contribution is 2.49. The molecule has 1 unspecified atom stereocenters. The monoisotopic (exact) mass is 470 g/mol. The van der Waals surface area contributed by atoms with Crippen molar-refractivity contribution in [2.45, 2.75) is 57.3 Å². The molecule has 186 valence electrons. The van der Waals surface area contributed by atoms with E-state index in [4.69, 9.17) is 9.47 Å². The molecule has 1 saturated carbocycles. The minimum absolute atomic E-state index is 0.0226. The van der Waals surface area contributed by atoms with Crippen molar-refractivity contribution in [3.05, 3.63) is 108 Å². The van der Waals surface area contributed by atoms with Crippen molar-refractivity contribution < 1.29 is 9.47 Å². The summed E-state index contributed by atoms with van der Waals surface area (Å²) < 4.78 is 12.2. The van der Waals surface area contributed by atoms with Gasteiger partial charge in [0.15, 0.2) is 0 Å². The molecule has 35 heavy (non-hydrogen) atoms. The highest BCUT2D eigenvalue weighted by Gasteiger charge is 2.44. The number of rotatable bonds is 12. The van der Waals surface area contributed by atoms with Crippen LogP contribution in [-0.2, 0) is 14.9 Å². The fourth-order valence-corrected chi connectivity index (χ4v) is 6.47. The average Bonchev–Trinajstić information content (AvgIpc) is 2.94. The van der Waals surface area contributed by atoms with Crippen molar-refractivity contribution >= 4 is 0 Å². The lowest BCUT2D eigenvalue weighted by Crippen LogP contribution is -2.43. The SMILES string of the molecule is CCOCC(CCC(c1ccccc1)(c1ccccc1)c1ccccc1)(COC)C1CCCCC1. The molecule has 0 spiro atoms. The predicted molar refractivity (Wildman–Crippen MR) is 146 cm³/mol. The van der Waals surface area contributed by atoms with Crippen LogP contribution in [0.3, 0.4) is 0 Å². The maximum atomic E-state index is 6.21. The van der Waals surface area contributed by atoms with Crippen LogP contribution in [0.15, 0.2) is 91.0 Å². The maximum absolute atomic E-state index is 6.21. The number of benzene rings is 3. The molecular formula is C33H42O2. The van der Waals surface area contributed by atoms with Gasteiger partial charge in [0, 0.05) is 24.5 Å². The van der Waals surface area contributed by atoms with Crippen molar-refractivity contribution in [1.29, 1.82) is 0 Å². The number of ether oxygens (including phenoxy) is 2. The van der Waals surface area contributed by atoms with Crippen molar-refractivity contribution in [2.24, 2.45) is 11.3 Å². The summed E-state index contributed by atoms with van der Waals surface area (Å²) in [5.74, 6) is 0.641. The molecule has 2 nitrogen and oxygen atoms in total. The molecular weight excluding hydrogens is 428 g/mol. The van der Waals surface area contributed by atoms with E-state index in [9.17, 15) is 0 Å². The van der Waals surface area contributed by atoms with Crippen LogP contribution in [-0.4, -0.2) is 26.9 Å². The van der Waals surface area contributed by atoms with E-state index >= 15 is 0 Å². The molecule has 2 heteroatoms. The summed E-state index contributed by atoms with van der Waals surface area (Å²) in [5, 5.41) is 0. The van der Waals surface area contributed by atoms with E-state index in [0.717, 1.165) is 32.7 Å². The molecule has 0 saturated heterocycles. The topological polar surface area (TPSA) is 18.5 Å². The van der Waals surface area contributed by atoms with Crippen molar-refractivity contribution in [3.63, 3.8) is 0 Å². The minimum atomic E-state index is -0.232. The van der Waals surface area contributed by atoms with Crippen molar-refractivity contribution in [3.8, 4) is 0 Å². The second-order valence-corrected chi connectivity index (χ2v) is 10.3. The molecule has 0 amide bonds. The van der Waals surface area contributed by atoms with Gasteiger partial charge in [0.25, 0.3) is 0 Å². The third-order valence-electron chi connectivity index (χ3n) is 8.29. The third kappa shape index (κ3) is 5.71. The van der Waals surface area contributed by atoms with Crippen LogP contribution in [0, 0.1) is 11.3 Å². The Kier molecular flexibility index (Phi) is 9.18. The molecule has 4 rings (SSSR count). The first-order valence-corrected chi connectivity index (χ1v) is 13.5. The molecule has 0 aliphatic heterocycles. The summed E-state index contributed by atoms with van der Waals surface area (Å²) in [7, 11) is 1.86. The highest BCUT2D eigenvalue weighted by molar-refractivity contribution is 5.50. The van der Waals surface area contributed by atoms with Crippen LogP contribution in [0.5, 0.6) is 0 Å². The van der Waals surface area contributed by atoms with Gasteiger partial charge in [-0.25, -0.2) is 0 Å². The molecule has 0 aromatic heterocycles. The zero-order chi connectivity index (χ0) is 24.4. The van der Waals surface area contributed by atoms with Crippen molar-refractivity contribution in [1.82, 2.24) is 0 Å². The normalized spacial score (nSPS) is 16.6. The lowest BCUT2D eigenvalue weighted by Gasteiger charge is -2.45. The van der Waals surface area contributed by atoms with Crippen LogP contribution >= 0.6 is 0 Å². The Hall–Kier alpha value is -2.42. The van der Waals surface area contributed by atoms with Crippen LogP contribution in [0.1, 0.15) is 68.6 Å². The van der Waals surface area contributed by atoms with Gasteiger partial charge in [0.2, 0.25) is 0 Å². The lowest BCUT2D eigenvalue weighted by molar-refractivity contribution is -0.0589. The van der Waals surface area contributed by atoms with E-state index < -0.39 is 0 Å². The van der Waals surface area contributed by atoms with Gasteiger partial charge in [-0.1, -0.05) is 110 Å². The van der Waals surface area contributed by atoms with Gasteiger partial charge < -0.3 is 9.47 Å². The summed E-state index contributed by atoms with van der Waals surface area (Å²) in [6.45, 7) is 4.39. The molecule has 1 fully saturated rings. The lowest BCUT2D eigenvalue weighted by atomic mass is 9.61. The molecule has 1 aliphatic carbocycles. The molecule has 3 aromatic carbocycles. The van der Waals surface area contributed by atoms with E-state index in [1.165, 1.54) is 48.8 Å². The third-order valence-corrected chi connectivity index (χ3v) is 8.29. The molecule has 0 heterocycles. The Morgan fingerprint density at radius 3 is 1.57 bits per heavy atom. The van der Waals surface area contributed by atoms with Crippen LogP contribution < -0.4 is 0 Å². The first kappa shape index (κ1) is 25.7. The Labute approximate surface area is 212 Å². The van der Waals surface area contributed by atoms with Gasteiger partial charge in [-0.3, -0.25) is 0 Å². The second kappa shape index (κ2) is 12.5. The summed E-state index contributed by atoms with van der Waals surface area (Å²) >= 11 is 0. The van der Waals surface area contributed by atoms with E-state index in [0.29, 0.717) is 5.92 Å². The second-order valence-electron chi connectivity index (χ2n) is 10.3. The number of methoxy groups -OCH3 is 1. The Balaban J connectivity index is 1.82. The van der Waals surface area contributed by atoms with Gasteiger partial charge in [0.1, 0.15) is 0 Å². The Morgan fingerprint density at radius 1 is 0.657 bits per heavy atom. The van der Waals surface area contributed by atoms with Gasteiger partial charge in [-0.15, -0.1) is 0 Å². The van der Waals surface area contributed by atoms with Gasteiger partial charge in [0.05, 0.1) is 13.2 Å². The van der Waals surface area contributed by atoms with Crippen LogP contribution in [0.4, 0.5) is 0 Å². The quantitative estimate of drug-likeness (QED) is 0.249. The van der Waals surface area contributed by atoms with Gasteiger partial charge >= 0.3 is 0 Å². The minimum Gasteiger partial charge on any atom is -0.384 e. The standard InChI is InChI=1S/C33H42O2/c1-3-35-27-32(26-34-2,28-16-8-4-9-17-28)24-25-33(29-18-10-5-11-19-29,30-20-12-6-13-21-30)31-22-14-7-15-23-31/h5-7,10-15,18-23,28H,3-4,8-9,16-17,24-27H2,1-2H3. The average molecular weight is 471 g/mol. The number of hydrogen-bond acceptors (Lipinski definition) is 2. The first-order valence-electron chi connectivity index (χ1n) is 13.5. The number of hydrogen-bond donors (Lipinski definition) is 0. The fourth-order valence-electron chi connectivity index (χ4n) is 6.47. The smallest absolute Gasteiger partial charge is 0.0547 e. The summed E-state index contributed by atoms with van der Waals surface area (Å²) in [6.07, 6.45) is 8.64. The molecule has 0 bridgehead atoms. The zero-order valence-electron chi connectivity index (χ0n) is 21.6. The molecule has 1 aliphatic rings. The summed E-state index contributed by atoms with van der Waals surface area (Å²) in [6, 6.07) is 33.3. The largest absolute Gasteiger partial charge is 0.384 e. The molecule has 0 N–H and O–H groups in total. The first-order chi connectivity index (χ1) is 17.2. The van der Waals surface area contributed by atoms with Gasteiger partial charge in [-0.2, -0.15) is 0 Å². The Morgan fingerprint density at radius 2 is 1.14 bits per heavy atom. The highest BCUT2D eigenvalue weighted by atomic mass is 16.5. The fraction of sp³-hybridized carbons (Fsp3) is 0.455. The summed E-state index contributed by atoms with van der Waals surface area (Å²) in [5.41, 5.74) is 3.84. The van der Waals surface area contributed by atoms with Crippen molar-refractivity contribution in [2.75, 3.05) is 26.9 Å².